The predicted octanol–water partition coefficient (Wildman–Crippen LogP) is 1.89. The van der Waals surface area contributed by atoms with E-state index in [1.165, 1.54) is 12.0 Å². The van der Waals surface area contributed by atoms with Gasteiger partial charge in [0.1, 0.15) is 0 Å². The van der Waals surface area contributed by atoms with E-state index in [2.05, 4.69) is 23.5 Å². The van der Waals surface area contributed by atoms with Crippen LogP contribution in [0.2, 0.25) is 0 Å². The van der Waals surface area contributed by atoms with Crippen LogP contribution in [0.15, 0.2) is 12.4 Å². The van der Waals surface area contributed by atoms with Crippen molar-refractivity contribution in [3.8, 4) is 0 Å². The summed E-state index contributed by atoms with van der Waals surface area (Å²) in [6.45, 7) is 5.11. The Balaban J connectivity index is 1.96. The van der Waals surface area contributed by atoms with Crippen molar-refractivity contribution < 1.29 is 4.74 Å². The predicted molar refractivity (Wildman–Crippen MR) is 67.8 cm³/mol. The smallest absolute Gasteiger partial charge is 0.0537 e. The number of aryl methyl sites for hydroxylation is 1. The van der Waals surface area contributed by atoms with E-state index in [1.54, 1.807) is 0 Å². The average Bonchev–Trinajstić information content (AvgIpc) is 2.95. The Hall–Kier alpha value is -0.870. The SMILES string of the molecule is CCCNC(CC1CCOC1)c1cnn(C)c1. The molecule has 1 aliphatic heterocycles. The highest BCUT2D eigenvalue weighted by Crippen LogP contribution is 2.26. The molecule has 4 nitrogen and oxygen atoms in total. The maximum Gasteiger partial charge on any atom is 0.0537 e. The van der Waals surface area contributed by atoms with Gasteiger partial charge in [-0.05, 0) is 31.7 Å². The van der Waals surface area contributed by atoms with E-state index < -0.39 is 0 Å². The zero-order valence-corrected chi connectivity index (χ0v) is 10.9. The topological polar surface area (TPSA) is 39.1 Å². The molecule has 1 fully saturated rings. The molecule has 1 aromatic heterocycles. The molecule has 0 aromatic carbocycles. The van der Waals surface area contributed by atoms with Gasteiger partial charge >= 0.3 is 0 Å². The zero-order chi connectivity index (χ0) is 12.1. The van der Waals surface area contributed by atoms with Crippen LogP contribution in [0, 0.1) is 5.92 Å². The van der Waals surface area contributed by atoms with Gasteiger partial charge in [0.2, 0.25) is 0 Å². The molecule has 2 atom stereocenters. The van der Waals surface area contributed by atoms with E-state index in [0.29, 0.717) is 12.0 Å². The van der Waals surface area contributed by atoms with Crippen LogP contribution in [-0.4, -0.2) is 29.5 Å². The van der Waals surface area contributed by atoms with E-state index in [4.69, 9.17) is 4.74 Å². The number of nitrogens with one attached hydrogen (secondary N) is 1. The van der Waals surface area contributed by atoms with Crippen LogP contribution < -0.4 is 5.32 Å². The van der Waals surface area contributed by atoms with Gasteiger partial charge in [-0.2, -0.15) is 5.10 Å². The molecule has 0 amide bonds. The van der Waals surface area contributed by atoms with E-state index in [1.807, 2.05) is 17.9 Å². The summed E-state index contributed by atoms with van der Waals surface area (Å²) in [5, 5.41) is 7.88. The van der Waals surface area contributed by atoms with Crippen molar-refractivity contribution in [2.24, 2.45) is 13.0 Å². The van der Waals surface area contributed by atoms with Gasteiger partial charge < -0.3 is 10.1 Å². The Bertz CT molecular complexity index is 331. The van der Waals surface area contributed by atoms with Gasteiger partial charge in [0.25, 0.3) is 0 Å². The minimum absolute atomic E-state index is 0.426. The lowest BCUT2D eigenvalue weighted by Gasteiger charge is -2.20. The molecule has 1 N–H and O–H groups in total. The van der Waals surface area contributed by atoms with Crippen LogP contribution in [-0.2, 0) is 11.8 Å². The summed E-state index contributed by atoms with van der Waals surface area (Å²) in [7, 11) is 1.97. The van der Waals surface area contributed by atoms with Crippen molar-refractivity contribution in [1.82, 2.24) is 15.1 Å². The van der Waals surface area contributed by atoms with E-state index in [0.717, 1.165) is 32.6 Å². The summed E-state index contributed by atoms with van der Waals surface area (Å²) in [5.74, 6) is 0.699. The third kappa shape index (κ3) is 3.54. The van der Waals surface area contributed by atoms with Crippen molar-refractivity contribution in [2.45, 2.75) is 32.2 Å². The lowest BCUT2D eigenvalue weighted by atomic mass is 9.96. The monoisotopic (exact) mass is 237 g/mol. The molecule has 4 heteroatoms. The molecule has 96 valence electrons. The minimum atomic E-state index is 0.426. The number of hydrogen-bond donors (Lipinski definition) is 1. The maximum atomic E-state index is 5.45. The normalized spacial score (nSPS) is 21.9. The second kappa shape index (κ2) is 6.17. The molecule has 0 spiro atoms. The summed E-state index contributed by atoms with van der Waals surface area (Å²) in [6.07, 6.45) is 7.61. The molecule has 2 rings (SSSR count). The Morgan fingerprint density at radius 1 is 1.65 bits per heavy atom. The summed E-state index contributed by atoms with van der Waals surface area (Å²) < 4.78 is 7.33. The zero-order valence-electron chi connectivity index (χ0n) is 10.9. The van der Waals surface area contributed by atoms with Crippen LogP contribution in [0.5, 0.6) is 0 Å². The fourth-order valence-corrected chi connectivity index (χ4v) is 2.38. The van der Waals surface area contributed by atoms with Gasteiger partial charge in [0.15, 0.2) is 0 Å². The van der Waals surface area contributed by atoms with Crippen molar-refractivity contribution in [3.05, 3.63) is 18.0 Å². The molecular formula is C13H23N3O. The van der Waals surface area contributed by atoms with Crippen LogP contribution in [0.1, 0.15) is 37.8 Å². The minimum Gasteiger partial charge on any atom is -0.381 e. The second-order valence-corrected chi connectivity index (χ2v) is 4.92. The highest BCUT2D eigenvalue weighted by atomic mass is 16.5. The Kier molecular flexibility index (Phi) is 4.57. The summed E-state index contributed by atoms with van der Waals surface area (Å²) in [6, 6.07) is 0.426. The third-order valence-corrected chi connectivity index (χ3v) is 3.36. The number of aromatic nitrogens is 2. The molecule has 1 saturated heterocycles. The van der Waals surface area contributed by atoms with Crippen molar-refractivity contribution >= 4 is 0 Å². The number of nitrogens with zero attached hydrogens (tertiary/aromatic N) is 2. The standard InChI is InChI=1S/C13H23N3O/c1-3-5-14-13(7-11-4-6-17-10-11)12-8-15-16(2)9-12/h8-9,11,13-14H,3-7,10H2,1-2H3. The second-order valence-electron chi connectivity index (χ2n) is 4.92. The fourth-order valence-electron chi connectivity index (χ4n) is 2.38. The number of rotatable bonds is 6. The molecular weight excluding hydrogens is 214 g/mol. The van der Waals surface area contributed by atoms with Crippen molar-refractivity contribution in [2.75, 3.05) is 19.8 Å². The van der Waals surface area contributed by atoms with Gasteiger partial charge in [0, 0.05) is 38.1 Å². The maximum absolute atomic E-state index is 5.45. The number of ether oxygens (including phenoxy) is 1. The summed E-state index contributed by atoms with van der Waals surface area (Å²) in [4.78, 5) is 0. The Morgan fingerprint density at radius 2 is 2.53 bits per heavy atom. The highest BCUT2D eigenvalue weighted by Gasteiger charge is 2.22. The van der Waals surface area contributed by atoms with Gasteiger partial charge in [-0.1, -0.05) is 6.92 Å². The molecule has 0 bridgehead atoms. The van der Waals surface area contributed by atoms with Crippen molar-refractivity contribution in [3.63, 3.8) is 0 Å². The van der Waals surface area contributed by atoms with E-state index in [-0.39, 0.29) is 0 Å². The quantitative estimate of drug-likeness (QED) is 0.821. The molecule has 0 radical (unpaired) electrons. The van der Waals surface area contributed by atoms with E-state index >= 15 is 0 Å². The fraction of sp³-hybridized carbons (Fsp3) is 0.769. The molecule has 2 unspecified atom stereocenters. The van der Waals surface area contributed by atoms with Crippen molar-refractivity contribution in [1.29, 1.82) is 0 Å². The first kappa shape index (κ1) is 12.6. The first-order valence-electron chi connectivity index (χ1n) is 6.59. The molecule has 0 saturated carbocycles. The molecule has 1 aliphatic rings. The van der Waals surface area contributed by atoms with Crippen LogP contribution >= 0.6 is 0 Å². The first-order valence-corrected chi connectivity index (χ1v) is 6.59. The van der Waals surface area contributed by atoms with Gasteiger partial charge in [-0.15, -0.1) is 0 Å². The van der Waals surface area contributed by atoms with Crippen LogP contribution in [0.3, 0.4) is 0 Å². The average molecular weight is 237 g/mol. The first-order chi connectivity index (χ1) is 8.29. The third-order valence-electron chi connectivity index (χ3n) is 3.36. The van der Waals surface area contributed by atoms with E-state index in [9.17, 15) is 0 Å². The van der Waals surface area contributed by atoms with Crippen LogP contribution in [0.4, 0.5) is 0 Å². The van der Waals surface area contributed by atoms with Gasteiger partial charge in [-0.3, -0.25) is 4.68 Å². The Labute approximate surface area is 103 Å². The summed E-state index contributed by atoms with van der Waals surface area (Å²) >= 11 is 0. The molecule has 17 heavy (non-hydrogen) atoms. The highest BCUT2D eigenvalue weighted by molar-refractivity contribution is 5.10. The Morgan fingerprint density at radius 3 is 3.12 bits per heavy atom. The number of hydrogen-bond acceptors (Lipinski definition) is 3. The molecule has 0 aliphatic carbocycles. The van der Waals surface area contributed by atoms with Crippen LogP contribution in [0.25, 0.3) is 0 Å². The lowest BCUT2D eigenvalue weighted by molar-refractivity contribution is 0.181. The summed E-state index contributed by atoms with van der Waals surface area (Å²) in [5.41, 5.74) is 1.30. The molecule has 1 aromatic rings. The van der Waals surface area contributed by atoms with Gasteiger partial charge in [0.05, 0.1) is 6.20 Å². The van der Waals surface area contributed by atoms with Gasteiger partial charge in [-0.25, -0.2) is 0 Å². The largest absolute Gasteiger partial charge is 0.381 e. The molecule has 2 heterocycles. The lowest BCUT2D eigenvalue weighted by Crippen LogP contribution is -2.24.